The number of pyridine rings is 1. The molecule has 0 aliphatic carbocycles. The summed E-state index contributed by atoms with van der Waals surface area (Å²) in [5.74, 6) is 0.215. The number of carbonyl (C=O) groups is 1. The molecule has 1 fully saturated rings. The topological polar surface area (TPSA) is 93.9 Å². The highest BCUT2D eigenvalue weighted by molar-refractivity contribution is 5.93. The van der Waals surface area contributed by atoms with Crippen molar-refractivity contribution in [3.8, 4) is 11.3 Å². The monoisotopic (exact) mass is 426 g/mol. The second kappa shape index (κ2) is 8.66. The summed E-state index contributed by atoms with van der Waals surface area (Å²) in [6, 6.07) is 12.8. The Hall–Kier alpha value is -3.94. The average Bonchev–Trinajstić information content (AvgIpc) is 2.85. The van der Waals surface area contributed by atoms with Crippen LogP contribution < -0.4 is 5.56 Å². The molecule has 160 valence electrons. The van der Waals surface area contributed by atoms with Crippen LogP contribution in [0.5, 0.6) is 0 Å². The summed E-state index contributed by atoms with van der Waals surface area (Å²) in [6.45, 7) is 1.86. The van der Waals surface area contributed by atoms with Crippen LogP contribution in [0.2, 0.25) is 0 Å². The molecule has 3 aromatic heterocycles. The average molecular weight is 426 g/mol. The summed E-state index contributed by atoms with van der Waals surface area (Å²) in [4.78, 5) is 44.6. The zero-order valence-electron chi connectivity index (χ0n) is 17.5. The van der Waals surface area contributed by atoms with E-state index in [0.717, 1.165) is 29.4 Å². The third kappa shape index (κ3) is 4.12. The van der Waals surface area contributed by atoms with Crippen LogP contribution in [0.15, 0.2) is 72.2 Å². The Labute approximate surface area is 184 Å². The molecule has 32 heavy (non-hydrogen) atoms. The molecule has 1 saturated heterocycles. The van der Waals surface area contributed by atoms with Crippen LogP contribution in [0.1, 0.15) is 23.3 Å². The van der Waals surface area contributed by atoms with Crippen LogP contribution in [0, 0.1) is 5.92 Å². The number of aromatic nitrogens is 5. The number of carbonyl (C=O) groups excluding carboxylic acids is 1. The molecule has 0 spiro atoms. The third-order valence-electron chi connectivity index (χ3n) is 5.86. The lowest BCUT2D eigenvalue weighted by Gasteiger charge is -2.32. The second-order valence-electron chi connectivity index (χ2n) is 7.99. The van der Waals surface area contributed by atoms with E-state index in [1.165, 1.54) is 0 Å². The predicted molar refractivity (Wildman–Crippen MR) is 120 cm³/mol. The molecule has 0 saturated carbocycles. The van der Waals surface area contributed by atoms with Gasteiger partial charge in [0.05, 0.1) is 29.3 Å². The van der Waals surface area contributed by atoms with E-state index in [1.54, 1.807) is 35.6 Å². The van der Waals surface area contributed by atoms with E-state index in [2.05, 4.69) is 19.9 Å². The largest absolute Gasteiger partial charge is 0.337 e. The fourth-order valence-corrected chi connectivity index (χ4v) is 4.05. The van der Waals surface area contributed by atoms with E-state index in [-0.39, 0.29) is 11.5 Å². The zero-order valence-corrected chi connectivity index (χ0v) is 17.5. The molecule has 0 radical (unpaired) electrons. The van der Waals surface area contributed by atoms with Crippen LogP contribution in [0.3, 0.4) is 0 Å². The molecule has 4 aromatic rings. The lowest BCUT2D eigenvalue weighted by atomic mass is 9.96. The van der Waals surface area contributed by atoms with Crippen molar-refractivity contribution in [3.05, 3.63) is 83.4 Å². The van der Waals surface area contributed by atoms with Crippen LogP contribution >= 0.6 is 0 Å². The molecule has 5 rings (SSSR count). The lowest BCUT2D eigenvalue weighted by molar-refractivity contribution is 0.0676. The van der Waals surface area contributed by atoms with Gasteiger partial charge < -0.3 is 4.90 Å². The first kappa shape index (κ1) is 20.0. The number of hydrogen-bond donors (Lipinski definition) is 0. The first-order valence-corrected chi connectivity index (χ1v) is 10.7. The maximum atomic E-state index is 12.9. The minimum absolute atomic E-state index is 0.0798. The number of rotatable bonds is 4. The molecule has 0 N–H and O–H groups in total. The number of nitrogens with zero attached hydrogens (tertiary/aromatic N) is 6. The molecule has 0 atom stereocenters. The van der Waals surface area contributed by atoms with E-state index < -0.39 is 0 Å². The van der Waals surface area contributed by atoms with E-state index >= 15 is 0 Å². The number of hydrogen-bond acceptors (Lipinski definition) is 6. The van der Waals surface area contributed by atoms with Crippen molar-refractivity contribution >= 4 is 16.9 Å². The number of benzene rings is 1. The van der Waals surface area contributed by atoms with Gasteiger partial charge in [-0.1, -0.05) is 12.1 Å². The van der Waals surface area contributed by atoms with E-state index in [9.17, 15) is 9.59 Å². The Morgan fingerprint density at radius 3 is 2.56 bits per heavy atom. The SMILES string of the molecule is O=C(c1cnc2ccccc2n1)N1CCC(Cn2cnc(-c3cccnc3)cc2=O)CC1. The maximum absolute atomic E-state index is 12.9. The summed E-state index contributed by atoms with van der Waals surface area (Å²) >= 11 is 0. The highest BCUT2D eigenvalue weighted by Gasteiger charge is 2.25. The molecule has 1 aliphatic rings. The quantitative estimate of drug-likeness (QED) is 0.498. The Balaban J connectivity index is 1.22. The van der Waals surface area contributed by atoms with Gasteiger partial charge in [0.2, 0.25) is 0 Å². The fraction of sp³-hybridized carbons (Fsp3) is 0.250. The number of para-hydroxylation sites is 2. The Morgan fingerprint density at radius 1 is 1.00 bits per heavy atom. The zero-order chi connectivity index (χ0) is 21.9. The molecule has 1 aromatic carbocycles. The van der Waals surface area contributed by atoms with Gasteiger partial charge in [0, 0.05) is 43.7 Å². The lowest BCUT2D eigenvalue weighted by Crippen LogP contribution is -2.40. The number of fused-ring (bicyclic) bond motifs is 1. The van der Waals surface area contributed by atoms with Gasteiger partial charge in [-0.2, -0.15) is 0 Å². The van der Waals surface area contributed by atoms with E-state index in [4.69, 9.17) is 0 Å². The summed E-state index contributed by atoms with van der Waals surface area (Å²) in [5, 5.41) is 0. The molecule has 1 aliphatic heterocycles. The molecule has 0 unspecified atom stereocenters. The van der Waals surface area contributed by atoms with E-state index in [0.29, 0.717) is 36.9 Å². The normalized spacial score (nSPS) is 14.6. The van der Waals surface area contributed by atoms with Gasteiger partial charge in [0.25, 0.3) is 11.5 Å². The van der Waals surface area contributed by atoms with Gasteiger partial charge >= 0.3 is 0 Å². The number of likely N-dealkylation sites (tertiary alicyclic amines) is 1. The van der Waals surface area contributed by atoms with Crippen molar-refractivity contribution in [3.63, 3.8) is 0 Å². The van der Waals surface area contributed by atoms with E-state index in [1.807, 2.05) is 41.3 Å². The van der Waals surface area contributed by atoms with Crippen LogP contribution in [0.4, 0.5) is 0 Å². The van der Waals surface area contributed by atoms with Crippen molar-refractivity contribution < 1.29 is 4.79 Å². The van der Waals surface area contributed by atoms with Crippen molar-refractivity contribution in [2.45, 2.75) is 19.4 Å². The van der Waals surface area contributed by atoms with Crippen molar-refractivity contribution in [2.24, 2.45) is 5.92 Å². The third-order valence-corrected chi connectivity index (χ3v) is 5.86. The number of piperidine rings is 1. The Kier molecular flexibility index (Phi) is 5.41. The van der Waals surface area contributed by atoms with Gasteiger partial charge in [0.15, 0.2) is 0 Å². The summed E-state index contributed by atoms with van der Waals surface area (Å²) in [7, 11) is 0. The predicted octanol–water partition coefficient (Wildman–Crippen LogP) is 2.80. The minimum atomic E-state index is -0.0960. The molecule has 8 heteroatoms. The van der Waals surface area contributed by atoms with Gasteiger partial charge in [-0.05, 0) is 43.0 Å². The first-order valence-electron chi connectivity index (χ1n) is 10.7. The van der Waals surface area contributed by atoms with Gasteiger partial charge in [0.1, 0.15) is 5.69 Å². The molecular formula is C24H22N6O2. The Morgan fingerprint density at radius 2 is 1.81 bits per heavy atom. The number of amides is 1. The second-order valence-corrected chi connectivity index (χ2v) is 7.99. The van der Waals surface area contributed by atoms with Crippen LogP contribution in [-0.4, -0.2) is 48.4 Å². The smallest absolute Gasteiger partial charge is 0.274 e. The Bertz CT molecular complexity index is 1310. The molecule has 8 nitrogen and oxygen atoms in total. The first-order chi connectivity index (χ1) is 15.7. The molecular weight excluding hydrogens is 404 g/mol. The summed E-state index contributed by atoms with van der Waals surface area (Å²) < 4.78 is 1.65. The molecule has 4 heterocycles. The maximum Gasteiger partial charge on any atom is 0.274 e. The van der Waals surface area contributed by atoms with Crippen molar-refractivity contribution in [1.29, 1.82) is 0 Å². The van der Waals surface area contributed by atoms with Gasteiger partial charge in [-0.15, -0.1) is 0 Å². The summed E-state index contributed by atoms with van der Waals surface area (Å²) in [5.41, 5.74) is 3.22. The van der Waals surface area contributed by atoms with Crippen LogP contribution in [0.25, 0.3) is 22.3 Å². The van der Waals surface area contributed by atoms with Gasteiger partial charge in [-0.25, -0.2) is 9.97 Å². The highest BCUT2D eigenvalue weighted by atomic mass is 16.2. The van der Waals surface area contributed by atoms with Gasteiger partial charge in [-0.3, -0.25) is 24.1 Å². The molecule has 1 amide bonds. The molecule has 0 bridgehead atoms. The van der Waals surface area contributed by atoms with Crippen LogP contribution in [-0.2, 0) is 6.54 Å². The fourth-order valence-electron chi connectivity index (χ4n) is 4.05. The standard InChI is InChI=1S/C24H22N6O2/c31-23-12-21(18-4-3-9-25-13-18)27-16-30(23)15-17-7-10-29(11-8-17)24(32)22-14-26-19-5-1-2-6-20(19)28-22/h1-6,9,12-14,16-17H,7-8,10-11,15H2. The van der Waals surface area contributed by atoms with Crippen molar-refractivity contribution in [2.75, 3.05) is 13.1 Å². The highest BCUT2D eigenvalue weighted by Crippen LogP contribution is 2.21. The minimum Gasteiger partial charge on any atom is -0.337 e. The van der Waals surface area contributed by atoms with Crippen molar-refractivity contribution in [1.82, 2.24) is 29.4 Å². The summed E-state index contributed by atoms with van der Waals surface area (Å²) in [6.07, 6.45) is 8.18.